The zero-order chi connectivity index (χ0) is 16.6. The van der Waals surface area contributed by atoms with Gasteiger partial charge in [-0.25, -0.2) is 9.67 Å². The number of aryl methyl sites for hydroxylation is 2. The largest absolute Gasteiger partial charge is 0.341 e. The van der Waals surface area contributed by atoms with E-state index >= 15 is 0 Å². The molecule has 1 aromatic carbocycles. The Balaban J connectivity index is 1.87. The SMILES string of the molecule is CCn1ncnc1[C@@H](C)NC(=O)c1cc2ccc(Cl)cc2n1C. The van der Waals surface area contributed by atoms with Gasteiger partial charge in [0.2, 0.25) is 0 Å². The van der Waals surface area contributed by atoms with E-state index in [2.05, 4.69) is 15.4 Å². The van der Waals surface area contributed by atoms with Crippen LogP contribution in [0.1, 0.15) is 36.2 Å². The van der Waals surface area contributed by atoms with Crippen LogP contribution in [0.5, 0.6) is 0 Å². The van der Waals surface area contributed by atoms with Gasteiger partial charge in [0.25, 0.3) is 5.91 Å². The van der Waals surface area contributed by atoms with Crippen molar-refractivity contribution in [1.29, 1.82) is 0 Å². The van der Waals surface area contributed by atoms with Crippen molar-refractivity contribution in [2.45, 2.75) is 26.4 Å². The van der Waals surface area contributed by atoms with Gasteiger partial charge in [0, 0.05) is 29.5 Å². The molecule has 2 aromatic heterocycles. The molecule has 0 saturated carbocycles. The number of hydrogen-bond donors (Lipinski definition) is 1. The van der Waals surface area contributed by atoms with Crippen LogP contribution in [0.4, 0.5) is 0 Å². The maximum atomic E-state index is 12.6. The number of nitrogens with one attached hydrogen (secondary N) is 1. The number of nitrogens with zero attached hydrogens (tertiary/aromatic N) is 4. The lowest BCUT2D eigenvalue weighted by Crippen LogP contribution is -2.30. The van der Waals surface area contributed by atoms with Crippen molar-refractivity contribution in [2.24, 2.45) is 7.05 Å². The second-order valence-corrected chi connectivity index (χ2v) is 5.86. The summed E-state index contributed by atoms with van der Waals surface area (Å²) in [5.41, 5.74) is 1.50. The maximum Gasteiger partial charge on any atom is 0.268 e. The van der Waals surface area contributed by atoms with Crippen molar-refractivity contribution in [1.82, 2.24) is 24.6 Å². The van der Waals surface area contributed by atoms with Gasteiger partial charge in [-0.15, -0.1) is 0 Å². The van der Waals surface area contributed by atoms with E-state index in [-0.39, 0.29) is 11.9 Å². The van der Waals surface area contributed by atoms with Gasteiger partial charge >= 0.3 is 0 Å². The minimum Gasteiger partial charge on any atom is -0.341 e. The van der Waals surface area contributed by atoms with Crippen molar-refractivity contribution in [2.75, 3.05) is 0 Å². The number of rotatable bonds is 4. The average molecular weight is 332 g/mol. The third kappa shape index (κ3) is 2.82. The fourth-order valence-corrected chi connectivity index (χ4v) is 2.87. The predicted octanol–water partition coefficient (Wildman–Crippen LogP) is 2.93. The van der Waals surface area contributed by atoms with Gasteiger partial charge in [0.05, 0.1) is 6.04 Å². The van der Waals surface area contributed by atoms with Crippen molar-refractivity contribution < 1.29 is 4.79 Å². The van der Waals surface area contributed by atoms with Crippen LogP contribution in [0, 0.1) is 0 Å². The highest BCUT2D eigenvalue weighted by Crippen LogP contribution is 2.23. The van der Waals surface area contributed by atoms with Crippen molar-refractivity contribution >= 4 is 28.4 Å². The summed E-state index contributed by atoms with van der Waals surface area (Å²) in [7, 11) is 1.85. The quantitative estimate of drug-likeness (QED) is 0.799. The smallest absolute Gasteiger partial charge is 0.268 e. The minimum absolute atomic E-state index is 0.155. The first-order valence-corrected chi connectivity index (χ1v) is 7.82. The Bertz CT molecular complexity index is 867. The number of benzene rings is 1. The maximum absolute atomic E-state index is 12.6. The molecular formula is C16H18ClN5O. The van der Waals surface area contributed by atoms with Gasteiger partial charge in [-0.1, -0.05) is 17.7 Å². The lowest BCUT2D eigenvalue weighted by atomic mass is 10.2. The van der Waals surface area contributed by atoms with E-state index in [0.717, 1.165) is 16.7 Å². The Morgan fingerprint density at radius 1 is 1.39 bits per heavy atom. The van der Waals surface area contributed by atoms with Crippen molar-refractivity contribution in [3.8, 4) is 0 Å². The number of halogens is 1. The molecule has 3 rings (SSSR count). The topological polar surface area (TPSA) is 64.7 Å². The molecule has 0 saturated heterocycles. The number of carbonyl (C=O) groups excluding carboxylic acids is 1. The van der Waals surface area contributed by atoms with Crippen LogP contribution in [-0.2, 0) is 13.6 Å². The third-order valence-corrected chi connectivity index (χ3v) is 4.16. The molecule has 3 aromatic rings. The van der Waals surface area contributed by atoms with Gasteiger partial charge in [-0.3, -0.25) is 4.79 Å². The van der Waals surface area contributed by atoms with Crippen LogP contribution in [0.25, 0.3) is 10.9 Å². The van der Waals surface area contributed by atoms with Gasteiger partial charge < -0.3 is 9.88 Å². The molecule has 0 aliphatic carbocycles. The van der Waals surface area contributed by atoms with Gasteiger partial charge in [-0.05, 0) is 32.0 Å². The van der Waals surface area contributed by atoms with E-state index in [9.17, 15) is 4.79 Å². The Morgan fingerprint density at radius 3 is 2.91 bits per heavy atom. The number of amides is 1. The Kier molecular flexibility index (Phi) is 4.09. The van der Waals surface area contributed by atoms with Gasteiger partial charge in [0.15, 0.2) is 0 Å². The highest BCUT2D eigenvalue weighted by molar-refractivity contribution is 6.31. The third-order valence-electron chi connectivity index (χ3n) is 3.92. The molecule has 0 aliphatic rings. The second-order valence-electron chi connectivity index (χ2n) is 5.42. The Morgan fingerprint density at radius 2 is 2.17 bits per heavy atom. The molecule has 0 unspecified atom stereocenters. The molecule has 0 fully saturated rings. The summed E-state index contributed by atoms with van der Waals surface area (Å²) in [6.45, 7) is 4.59. The molecule has 0 bridgehead atoms. The lowest BCUT2D eigenvalue weighted by molar-refractivity contribution is 0.0929. The molecular weight excluding hydrogens is 314 g/mol. The van der Waals surface area contributed by atoms with Crippen LogP contribution < -0.4 is 5.32 Å². The van der Waals surface area contributed by atoms with Crippen molar-refractivity contribution in [3.63, 3.8) is 0 Å². The normalized spacial score (nSPS) is 12.5. The zero-order valence-corrected chi connectivity index (χ0v) is 14.0. The van der Waals surface area contributed by atoms with E-state index in [0.29, 0.717) is 17.3 Å². The summed E-state index contributed by atoms with van der Waals surface area (Å²) in [4.78, 5) is 16.8. The first-order valence-electron chi connectivity index (χ1n) is 7.44. The van der Waals surface area contributed by atoms with Crippen molar-refractivity contribution in [3.05, 3.63) is 47.1 Å². The highest BCUT2D eigenvalue weighted by Gasteiger charge is 2.19. The summed E-state index contributed by atoms with van der Waals surface area (Å²) in [5, 5.41) is 8.73. The van der Waals surface area contributed by atoms with Gasteiger partial charge in [0.1, 0.15) is 17.8 Å². The van der Waals surface area contributed by atoms with E-state index in [1.807, 2.05) is 49.7 Å². The van der Waals surface area contributed by atoms with Crippen LogP contribution in [0.2, 0.25) is 5.02 Å². The summed E-state index contributed by atoms with van der Waals surface area (Å²) < 4.78 is 3.61. The fourth-order valence-electron chi connectivity index (χ4n) is 2.71. The predicted molar refractivity (Wildman–Crippen MR) is 89.5 cm³/mol. The summed E-state index contributed by atoms with van der Waals surface area (Å²) in [6.07, 6.45) is 1.50. The molecule has 2 heterocycles. The first-order chi connectivity index (χ1) is 11.0. The monoisotopic (exact) mass is 331 g/mol. The number of fused-ring (bicyclic) bond motifs is 1. The van der Waals surface area contributed by atoms with Crippen LogP contribution in [-0.4, -0.2) is 25.2 Å². The minimum atomic E-state index is -0.230. The Hall–Kier alpha value is -2.34. The Labute approximate surface area is 139 Å². The summed E-state index contributed by atoms with van der Waals surface area (Å²) in [6, 6.07) is 7.21. The van der Waals surface area contributed by atoms with Crippen LogP contribution in [0.15, 0.2) is 30.6 Å². The standard InChI is InChI=1S/C16H18ClN5O/c1-4-22-15(18-9-19-22)10(2)20-16(23)14-7-11-5-6-12(17)8-13(11)21(14)3/h5-10H,4H2,1-3H3,(H,20,23)/t10-/m1/s1. The van der Waals surface area contributed by atoms with Crippen LogP contribution in [0.3, 0.4) is 0 Å². The van der Waals surface area contributed by atoms with E-state index in [1.54, 1.807) is 4.68 Å². The average Bonchev–Trinajstić information content (AvgIpc) is 3.12. The summed E-state index contributed by atoms with van der Waals surface area (Å²) in [5.74, 6) is 0.584. The van der Waals surface area contributed by atoms with E-state index in [4.69, 9.17) is 11.6 Å². The summed E-state index contributed by atoms with van der Waals surface area (Å²) >= 11 is 6.03. The molecule has 1 amide bonds. The lowest BCUT2D eigenvalue weighted by Gasteiger charge is -2.14. The van der Waals surface area contributed by atoms with E-state index < -0.39 is 0 Å². The highest BCUT2D eigenvalue weighted by atomic mass is 35.5. The number of hydrogen-bond acceptors (Lipinski definition) is 3. The second kappa shape index (κ2) is 6.04. The molecule has 0 aliphatic heterocycles. The number of aromatic nitrogens is 4. The molecule has 120 valence electrons. The molecule has 0 radical (unpaired) electrons. The first kappa shape index (κ1) is 15.6. The number of carbonyl (C=O) groups is 1. The molecule has 1 atom stereocenters. The molecule has 0 spiro atoms. The fraction of sp³-hybridized carbons (Fsp3) is 0.312. The molecule has 6 nitrogen and oxygen atoms in total. The van der Waals surface area contributed by atoms with E-state index in [1.165, 1.54) is 6.33 Å². The van der Waals surface area contributed by atoms with Gasteiger partial charge in [-0.2, -0.15) is 5.10 Å². The molecule has 7 heteroatoms. The molecule has 1 N–H and O–H groups in total. The molecule has 23 heavy (non-hydrogen) atoms. The van der Waals surface area contributed by atoms with Crippen LogP contribution >= 0.6 is 11.6 Å². The zero-order valence-electron chi connectivity index (χ0n) is 13.2.